The molecule has 0 saturated heterocycles. The molecule has 2 bridgehead atoms. The van der Waals surface area contributed by atoms with Crippen molar-refractivity contribution in [2.75, 3.05) is 0 Å². The van der Waals surface area contributed by atoms with Crippen molar-refractivity contribution >= 4 is 0 Å². The molecule has 1 nitrogen and oxygen atoms in total. The Morgan fingerprint density at radius 2 is 1.87 bits per heavy atom. The molecule has 4 aliphatic rings. The first-order chi connectivity index (χ1) is 7.07. The van der Waals surface area contributed by atoms with Crippen LogP contribution in [-0.2, 0) is 4.74 Å². The average Bonchev–Trinajstić information content (AvgIpc) is 2.60. The van der Waals surface area contributed by atoms with E-state index in [0.717, 1.165) is 29.1 Å². The van der Waals surface area contributed by atoms with Gasteiger partial charge in [0.15, 0.2) is 0 Å². The Morgan fingerprint density at radius 1 is 1.13 bits per heavy atom. The minimum atomic E-state index is 0.264. The minimum Gasteiger partial charge on any atom is -0.372 e. The van der Waals surface area contributed by atoms with E-state index >= 15 is 0 Å². The van der Waals surface area contributed by atoms with Gasteiger partial charge in [-0.05, 0) is 75.5 Å². The third kappa shape index (κ3) is 0.740. The Morgan fingerprint density at radius 3 is 2.53 bits per heavy atom. The Bertz CT molecular complexity index is 323. The van der Waals surface area contributed by atoms with Gasteiger partial charge in [0.2, 0.25) is 0 Å². The molecule has 15 heavy (non-hydrogen) atoms. The predicted octanol–water partition coefficient (Wildman–Crippen LogP) is 3.24. The van der Waals surface area contributed by atoms with E-state index in [1.807, 2.05) is 0 Å². The van der Waals surface area contributed by atoms with E-state index in [1.54, 1.807) is 12.8 Å². The number of hydrogen-bond donors (Lipinski definition) is 0. The van der Waals surface area contributed by atoms with E-state index < -0.39 is 0 Å². The van der Waals surface area contributed by atoms with Gasteiger partial charge in [-0.1, -0.05) is 0 Å². The van der Waals surface area contributed by atoms with Crippen molar-refractivity contribution in [3.05, 3.63) is 0 Å². The van der Waals surface area contributed by atoms with Gasteiger partial charge in [0, 0.05) is 0 Å². The van der Waals surface area contributed by atoms with E-state index in [2.05, 4.69) is 20.8 Å². The molecule has 4 saturated carbocycles. The zero-order chi connectivity index (χ0) is 10.4. The molecule has 4 aliphatic carbocycles. The first kappa shape index (κ1) is 9.04. The molecule has 0 aromatic heterocycles. The fraction of sp³-hybridized carbons (Fsp3) is 1.00. The highest BCUT2D eigenvalue weighted by Crippen LogP contribution is 2.84. The number of fused-ring (bicyclic) bond motifs is 1. The molecule has 1 spiro atoms. The molecule has 4 rings (SSSR count). The summed E-state index contributed by atoms with van der Waals surface area (Å²) < 4.78 is 6.29. The van der Waals surface area contributed by atoms with Gasteiger partial charge >= 0.3 is 0 Å². The molecule has 0 amide bonds. The SMILES string of the molecule is CC(C)OC1(C)C2CC3CC4CC1C42C3. The lowest BCUT2D eigenvalue weighted by atomic mass is 9.32. The summed E-state index contributed by atoms with van der Waals surface area (Å²) >= 11 is 0. The highest BCUT2D eigenvalue weighted by Gasteiger charge is 2.82. The Balaban J connectivity index is 1.67. The zero-order valence-corrected chi connectivity index (χ0v) is 10.1. The predicted molar refractivity (Wildman–Crippen MR) is 59.5 cm³/mol. The van der Waals surface area contributed by atoms with Crippen molar-refractivity contribution in [1.29, 1.82) is 0 Å². The van der Waals surface area contributed by atoms with Crippen molar-refractivity contribution in [2.24, 2.45) is 29.1 Å². The van der Waals surface area contributed by atoms with Crippen LogP contribution >= 0.6 is 0 Å². The molecule has 0 heterocycles. The van der Waals surface area contributed by atoms with Crippen LogP contribution in [0.3, 0.4) is 0 Å². The minimum absolute atomic E-state index is 0.264. The van der Waals surface area contributed by atoms with Crippen molar-refractivity contribution < 1.29 is 4.74 Å². The lowest BCUT2D eigenvalue weighted by Crippen LogP contribution is -2.75. The summed E-state index contributed by atoms with van der Waals surface area (Å²) in [5.74, 6) is 4.03. The monoisotopic (exact) mass is 206 g/mol. The van der Waals surface area contributed by atoms with Crippen molar-refractivity contribution in [3.63, 3.8) is 0 Å². The van der Waals surface area contributed by atoms with Crippen LogP contribution in [0.2, 0.25) is 0 Å². The quantitative estimate of drug-likeness (QED) is 0.674. The Hall–Kier alpha value is -0.0400. The molecule has 1 heteroatoms. The second-order valence-electron chi connectivity index (χ2n) is 7.04. The molecule has 4 fully saturated rings. The van der Waals surface area contributed by atoms with Gasteiger partial charge in [-0.25, -0.2) is 0 Å². The molecular weight excluding hydrogens is 184 g/mol. The van der Waals surface area contributed by atoms with Gasteiger partial charge < -0.3 is 4.74 Å². The van der Waals surface area contributed by atoms with E-state index in [4.69, 9.17) is 4.74 Å². The summed E-state index contributed by atoms with van der Waals surface area (Å²) in [5.41, 5.74) is 1.06. The summed E-state index contributed by atoms with van der Waals surface area (Å²) in [6.45, 7) is 6.80. The number of rotatable bonds is 2. The van der Waals surface area contributed by atoms with Crippen molar-refractivity contribution in [3.8, 4) is 0 Å². The maximum absolute atomic E-state index is 6.29. The molecule has 84 valence electrons. The Kier molecular flexibility index (Phi) is 1.38. The number of ether oxygens (including phenoxy) is 1. The maximum Gasteiger partial charge on any atom is 0.0725 e. The van der Waals surface area contributed by atoms with E-state index in [0.29, 0.717) is 6.10 Å². The largest absolute Gasteiger partial charge is 0.372 e. The van der Waals surface area contributed by atoms with E-state index in [1.165, 1.54) is 12.8 Å². The third-order valence-electron chi connectivity index (χ3n) is 6.28. The fourth-order valence-electron chi connectivity index (χ4n) is 6.21. The van der Waals surface area contributed by atoms with Crippen LogP contribution in [-0.4, -0.2) is 11.7 Å². The maximum atomic E-state index is 6.29. The fourth-order valence-corrected chi connectivity index (χ4v) is 6.21. The highest BCUT2D eigenvalue weighted by molar-refractivity contribution is 5.31. The molecule has 0 aromatic rings. The van der Waals surface area contributed by atoms with Gasteiger partial charge in [0.1, 0.15) is 0 Å². The summed E-state index contributed by atoms with van der Waals surface area (Å²) in [7, 11) is 0. The highest BCUT2D eigenvalue weighted by atomic mass is 16.5. The third-order valence-corrected chi connectivity index (χ3v) is 6.28. The first-order valence-electron chi connectivity index (χ1n) is 6.75. The van der Waals surface area contributed by atoms with Crippen LogP contribution in [0, 0.1) is 29.1 Å². The molecule has 0 N–H and O–H groups in total. The molecular formula is C14H22O. The topological polar surface area (TPSA) is 9.23 Å². The lowest BCUT2D eigenvalue weighted by Gasteiger charge is -2.75. The normalized spacial score (nSPS) is 64.0. The Labute approximate surface area is 92.6 Å². The van der Waals surface area contributed by atoms with Crippen LogP contribution < -0.4 is 0 Å². The van der Waals surface area contributed by atoms with Gasteiger partial charge in [-0.15, -0.1) is 0 Å². The zero-order valence-electron chi connectivity index (χ0n) is 10.1. The molecule has 0 aromatic carbocycles. The van der Waals surface area contributed by atoms with E-state index in [9.17, 15) is 0 Å². The van der Waals surface area contributed by atoms with Gasteiger partial charge in [-0.2, -0.15) is 0 Å². The average molecular weight is 206 g/mol. The van der Waals surface area contributed by atoms with E-state index in [-0.39, 0.29) is 5.60 Å². The molecule has 0 radical (unpaired) electrons. The van der Waals surface area contributed by atoms with Crippen LogP contribution in [0.15, 0.2) is 0 Å². The second kappa shape index (κ2) is 2.30. The lowest BCUT2D eigenvalue weighted by molar-refractivity contribution is -0.339. The smallest absolute Gasteiger partial charge is 0.0725 e. The van der Waals surface area contributed by atoms with Crippen LogP contribution in [0.25, 0.3) is 0 Å². The van der Waals surface area contributed by atoms with Gasteiger partial charge in [0.05, 0.1) is 11.7 Å². The van der Waals surface area contributed by atoms with Crippen LogP contribution in [0.4, 0.5) is 0 Å². The number of hydrogen-bond acceptors (Lipinski definition) is 1. The van der Waals surface area contributed by atoms with Crippen LogP contribution in [0.5, 0.6) is 0 Å². The van der Waals surface area contributed by atoms with Crippen molar-refractivity contribution in [1.82, 2.24) is 0 Å². The molecule has 0 aliphatic heterocycles. The van der Waals surface area contributed by atoms with Gasteiger partial charge in [-0.3, -0.25) is 0 Å². The van der Waals surface area contributed by atoms with Crippen LogP contribution in [0.1, 0.15) is 46.5 Å². The molecule has 6 atom stereocenters. The van der Waals surface area contributed by atoms with Gasteiger partial charge in [0.25, 0.3) is 0 Å². The van der Waals surface area contributed by atoms with Crippen molar-refractivity contribution in [2.45, 2.75) is 58.2 Å². The summed E-state index contributed by atoms with van der Waals surface area (Å²) in [6, 6.07) is 0. The summed E-state index contributed by atoms with van der Waals surface area (Å²) in [5, 5.41) is 0. The summed E-state index contributed by atoms with van der Waals surface area (Å²) in [6.07, 6.45) is 6.49. The summed E-state index contributed by atoms with van der Waals surface area (Å²) in [4.78, 5) is 0. The standard InChI is InChI=1S/C14H22O/c1-8(2)15-13(3)11-5-9-4-10-6-12(13)14(10,11)7-9/h8-12H,4-7H2,1-3H3. The molecule has 6 unspecified atom stereocenters. The second-order valence-corrected chi connectivity index (χ2v) is 7.04. The first-order valence-corrected chi connectivity index (χ1v) is 6.75.